The third-order valence-electron chi connectivity index (χ3n) is 3.52. The van der Waals surface area contributed by atoms with E-state index < -0.39 is 0 Å². The summed E-state index contributed by atoms with van der Waals surface area (Å²) in [5, 5.41) is 2.95. The summed E-state index contributed by atoms with van der Waals surface area (Å²) in [4.78, 5) is 16.3. The van der Waals surface area contributed by atoms with Gasteiger partial charge in [0.05, 0.1) is 11.7 Å². The van der Waals surface area contributed by atoms with E-state index in [1.165, 1.54) is 5.56 Å². The van der Waals surface area contributed by atoms with Gasteiger partial charge in [0.15, 0.2) is 0 Å². The fourth-order valence-electron chi connectivity index (χ4n) is 2.24. The van der Waals surface area contributed by atoms with Crippen molar-refractivity contribution in [2.45, 2.75) is 32.7 Å². The number of carbonyl (C=O) groups is 1. The van der Waals surface area contributed by atoms with E-state index in [0.29, 0.717) is 0 Å². The van der Waals surface area contributed by atoms with Gasteiger partial charge in [-0.05, 0) is 44.4 Å². The number of rotatable bonds is 6. The van der Waals surface area contributed by atoms with Gasteiger partial charge in [-0.15, -0.1) is 0 Å². The number of benzene rings is 1. The topological polar surface area (TPSA) is 42.0 Å². The van der Waals surface area contributed by atoms with Gasteiger partial charge in [0.2, 0.25) is 5.91 Å². The third kappa shape index (κ3) is 5.17. The molecule has 1 heterocycles. The molecular formula is C19H22N2O. The molecule has 1 atom stereocenters. The van der Waals surface area contributed by atoms with Crippen molar-refractivity contribution in [2.24, 2.45) is 0 Å². The zero-order valence-electron chi connectivity index (χ0n) is 13.1. The Morgan fingerprint density at radius 3 is 2.59 bits per heavy atom. The number of hydrogen-bond donors (Lipinski definition) is 1. The fourth-order valence-corrected chi connectivity index (χ4v) is 2.24. The van der Waals surface area contributed by atoms with Gasteiger partial charge in [-0.25, -0.2) is 0 Å². The van der Waals surface area contributed by atoms with Crippen molar-refractivity contribution in [1.29, 1.82) is 0 Å². The van der Waals surface area contributed by atoms with Gasteiger partial charge >= 0.3 is 0 Å². The monoisotopic (exact) mass is 294 g/mol. The molecule has 2 aromatic rings. The van der Waals surface area contributed by atoms with Gasteiger partial charge < -0.3 is 5.32 Å². The number of aryl methyl sites for hydroxylation is 1. The van der Waals surface area contributed by atoms with Crippen molar-refractivity contribution in [2.75, 3.05) is 0 Å². The standard InChI is InChI=1S/C19H22N2O/c1-15(11-12-17-8-4-3-5-9-17)14-19(22)21-16(2)18-10-6-7-13-20-18/h3-10,13-14,16H,11-12H2,1-2H3,(H,21,22)/b15-14+/t16-/m0/s1. The molecule has 114 valence electrons. The summed E-state index contributed by atoms with van der Waals surface area (Å²) in [6.45, 7) is 3.93. The molecule has 22 heavy (non-hydrogen) atoms. The van der Waals surface area contributed by atoms with Crippen LogP contribution < -0.4 is 5.32 Å². The number of nitrogens with one attached hydrogen (secondary N) is 1. The predicted molar refractivity (Wildman–Crippen MR) is 89.3 cm³/mol. The number of aromatic nitrogens is 1. The molecule has 0 aliphatic rings. The van der Waals surface area contributed by atoms with Crippen LogP contribution in [0.5, 0.6) is 0 Å². The smallest absolute Gasteiger partial charge is 0.244 e. The van der Waals surface area contributed by atoms with Gasteiger partial charge in [0.25, 0.3) is 0 Å². The van der Waals surface area contributed by atoms with E-state index in [2.05, 4.69) is 22.4 Å². The van der Waals surface area contributed by atoms with Crippen molar-refractivity contribution in [3.05, 3.63) is 77.6 Å². The van der Waals surface area contributed by atoms with Crippen LogP contribution in [0.25, 0.3) is 0 Å². The summed E-state index contributed by atoms with van der Waals surface area (Å²) < 4.78 is 0. The minimum Gasteiger partial charge on any atom is -0.344 e. The van der Waals surface area contributed by atoms with E-state index in [1.807, 2.05) is 50.2 Å². The van der Waals surface area contributed by atoms with Crippen LogP contribution in [0.1, 0.15) is 37.6 Å². The maximum absolute atomic E-state index is 12.0. The molecule has 0 radical (unpaired) electrons. The van der Waals surface area contributed by atoms with E-state index in [-0.39, 0.29) is 11.9 Å². The van der Waals surface area contributed by atoms with Crippen molar-refractivity contribution in [1.82, 2.24) is 10.3 Å². The number of pyridine rings is 1. The molecule has 0 spiro atoms. The number of amides is 1. The molecular weight excluding hydrogens is 272 g/mol. The highest BCUT2D eigenvalue weighted by atomic mass is 16.1. The van der Waals surface area contributed by atoms with Crippen molar-refractivity contribution in [3.63, 3.8) is 0 Å². The second-order valence-electron chi connectivity index (χ2n) is 5.46. The van der Waals surface area contributed by atoms with E-state index in [9.17, 15) is 4.79 Å². The lowest BCUT2D eigenvalue weighted by molar-refractivity contribution is -0.117. The number of carbonyl (C=O) groups excluding carboxylic acids is 1. The number of hydrogen-bond acceptors (Lipinski definition) is 2. The Morgan fingerprint density at radius 2 is 1.91 bits per heavy atom. The zero-order valence-corrected chi connectivity index (χ0v) is 13.1. The Labute approximate surface area is 132 Å². The van der Waals surface area contributed by atoms with Crippen LogP contribution >= 0.6 is 0 Å². The first-order valence-electron chi connectivity index (χ1n) is 7.57. The fraction of sp³-hybridized carbons (Fsp3) is 0.263. The van der Waals surface area contributed by atoms with E-state index in [1.54, 1.807) is 12.3 Å². The first-order chi connectivity index (χ1) is 10.6. The molecule has 3 heteroatoms. The molecule has 1 aromatic heterocycles. The highest BCUT2D eigenvalue weighted by Gasteiger charge is 2.08. The Bertz CT molecular complexity index is 620. The normalized spacial score (nSPS) is 12.7. The van der Waals surface area contributed by atoms with E-state index in [0.717, 1.165) is 24.1 Å². The van der Waals surface area contributed by atoms with Gasteiger partial charge in [0, 0.05) is 12.3 Å². The van der Waals surface area contributed by atoms with E-state index in [4.69, 9.17) is 0 Å². The molecule has 0 aliphatic carbocycles. The molecule has 2 rings (SSSR count). The molecule has 0 aliphatic heterocycles. The maximum atomic E-state index is 12.0. The molecule has 3 nitrogen and oxygen atoms in total. The lowest BCUT2D eigenvalue weighted by atomic mass is 10.1. The van der Waals surface area contributed by atoms with Crippen molar-refractivity contribution < 1.29 is 4.79 Å². The molecule has 0 fully saturated rings. The van der Waals surface area contributed by atoms with Crippen LogP contribution in [-0.4, -0.2) is 10.9 Å². The SMILES string of the molecule is C/C(=C\C(=O)N[C@@H](C)c1ccccn1)CCc1ccccc1. The summed E-state index contributed by atoms with van der Waals surface area (Å²) in [6.07, 6.45) is 5.25. The second kappa shape index (κ2) is 8.13. The van der Waals surface area contributed by atoms with Gasteiger partial charge in [-0.1, -0.05) is 42.0 Å². The minimum atomic E-state index is -0.0909. The molecule has 0 unspecified atom stereocenters. The van der Waals surface area contributed by atoms with Crippen molar-refractivity contribution in [3.8, 4) is 0 Å². The second-order valence-corrected chi connectivity index (χ2v) is 5.46. The lowest BCUT2D eigenvalue weighted by Crippen LogP contribution is -2.25. The van der Waals surface area contributed by atoms with Gasteiger partial charge in [-0.2, -0.15) is 0 Å². The summed E-state index contributed by atoms with van der Waals surface area (Å²) >= 11 is 0. The molecule has 1 amide bonds. The Morgan fingerprint density at radius 1 is 1.18 bits per heavy atom. The highest BCUT2D eigenvalue weighted by Crippen LogP contribution is 2.10. The average Bonchev–Trinajstić information content (AvgIpc) is 2.54. The van der Waals surface area contributed by atoms with Gasteiger partial charge in [0.1, 0.15) is 0 Å². The Hall–Kier alpha value is -2.42. The van der Waals surface area contributed by atoms with Crippen LogP contribution in [0, 0.1) is 0 Å². The molecule has 1 aromatic carbocycles. The quantitative estimate of drug-likeness (QED) is 0.823. The maximum Gasteiger partial charge on any atom is 0.244 e. The average molecular weight is 294 g/mol. The first kappa shape index (κ1) is 16.0. The molecule has 0 saturated carbocycles. The van der Waals surface area contributed by atoms with Crippen LogP contribution in [0.4, 0.5) is 0 Å². The summed E-state index contributed by atoms with van der Waals surface area (Å²) in [5.41, 5.74) is 3.23. The summed E-state index contributed by atoms with van der Waals surface area (Å²) in [7, 11) is 0. The minimum absolute atomic E-state index is 0.0660. The highest BCUT2D eigenvalue weighted by molar-refractivity contribution is 5.88. The lowest BCUT2D eigenvalue weighted by Gasteiger charge is -2.12. The summed E-state index contributed by atoms with van der Waals surface area (Å²) in [5.74, 6) is -0.0660. The number of nitrogens with zero attached hydrogens (tertiary/aromatic N) is 1. The van der Waals surface area contributed by atoms with Crippen molar-refractivity contribution >= 4 is 5.91 Å². The number of allylic oxidation sites excluding steroid dienone is 1. The molecule has 1 N–H and O–H groups in total. The van der Waals surface area contributed by atoms with Gasteiger partial charge in [-0.3, -0.25) is 9.78 Å². The predicted octanol–water partition coefficient (Wildman–Crippen LogP) is 3.84. The van der Waals surface area contributed by atoms with Crippen LogP contribution in [0.15, 0.2) is 66.4 Å². The van der Waals surface area contributed by atoms with Crippen LogP contribution in [0.3, 0.4) is 0 Å². The molecule has 0 saturated heterocycles. The van der Waals surface area contributed by atoms with Crippen LogP contribution in [-0.2, 0) is 11.2 Å². The first-order valence-corrected chi connectivity index (χ1v) is 7.57. The zero-order chi connectivity index (χ0) is 15.8. The molecule has 0 bridgehead atoms. The summed E-state index contributed by atoms with van der Waals surface area (Å²) in [6, 6.07) is 15.9. The Kier molecular flexibility index (Phi) is 5.90. The largest absolute Gasteiger partial charge is 0.344 e. The van der Waals surface area contributed by atoms with E-state index >= 15 is 0 Å². The Balaban J connectivity index is 1.84. The van der Waals surface area contributed by atoms with Crippen LogP contribution in [0.2, 0.25) is 0 Å². The third-order valence-corrected chi connectivity index (χ3v) is 3.52.